The van der Waals surface area contributed by atoms with E-state index in [2.05, 4.69) is 20.3 Å². The lowest BCUT2D eigenvalue weighted by Gasteiger charge is -2.00. The second kappa shape index (κ2) is 6.65. The summed E-state index contributed by atoms with van der Waals surface area (Å²) in [6.07, 6.45) is 0. The Kier molecular flexibility index (Phi) is 4.17. The van der Waals surface area contributed by atoms with E-state index in [4.69, 9.17) is 11.6 Å². The molecule has 0 aliphatic heterocycles. The number of carbonyl (C=O) groups is 1. The molecule has 27 heavy (non-hydrogen) atoms. The highest BCUT2D eigenvalue weighted by Gasteiger charge is 2.23. The first kappa shape index (κ1) is 16.9. The first-order valence-corrected chi connectivity index (χ1v) is 8.36. The van der Waals surface area contributed by atoms with Gasteiger partial charge in [-0.05, 0) is 36.4 Å². The molecule has 0 radical (unpaired) electrons. The van der Waals surface area contributed by atoms with Crippen LogP contribution < -0.4 is 0 Å². The standard InChI is InChI=1S/C18H13ClN6O2/c1-11(26)15-23-25(14-9-7-12(19)8-10-14)18-20-17(27)16(24(15)18)22-21-13-5-3-2-4-6-13/h2-10,27H,1H3. The van der Waals surface area contributed by atoms with Crippen LogP contribution in [0.25, 0.3) is 11.5 Å². The number of Topliss-reactive ketones (excluding diaryl/α,β-unsaturated/α-hetero) is 1. The summed E-state index contributed by atoms with van der Waals surface area (Å²) in [4.78, 5) is 16.2. The Balaban J connectivity index is 1.91. The van der Waals surface area contributed by atoms with Gasteiger partial charge < -0.3 is 5.11 Å². The fourth-order valence-corrected chi connectivity index (χ4v) is 2.71. The van der Waals surface area contributed by atoms with Gasteiger partial charge in [-0.1, -0.05) is 29.8 Å². The SMILES string of the molecule is CC(=O)c1nn(-c2ccc(Cl)cc2)c2nc(O)c(N=Nc3ccccc3)n12. The minimum Gasteiger partial charge on any atom is -0.491 e. The van der Waals surface area contributed by atoms with E-state index in [0.29, 0.717) is 16.4 Å². The van der Waals surface area contributed by atoms with Crippen molar-refractivity contribution in [2.24, 2.45) is 10.2 Å². The zero-order valence-corrected chi connectivity index (χ0v) is 14.9. The minimum atomic E-state index is -0.350. The van der Waals surface area contributed by atoms with Crippen molar-refractivity contribution in [1.82, 2.24) is 19.2 Å². The number of nitrogens with zero attached hydrogens (tertiary/aromatic N) is 6. The highest BCUT2D eigenvalue weighted by Crippen LogP contribution is 2.31. The van der Waals surface area contributed by atoms with Crippen molar-refractivity contribution in [2.45, 2.75) is 6.92 Å². The number of benzene rings is 2. The first-order valence-electron chi connectivity index (χ1n) is 7.98. The molecule has 8 nitrogen and oxygen atoms in total. The molecule has 0 spiro atoms. The zero-order chi connectivity index (χ0) is 19.0. The van der Waals surface area contributed by atoms with Gasteiger partial charge in [0.25, 0.3) is 5.88 Å². The molecule has 9 heteroatoms. The molecule has 0 saturated heterocycles. The van der Waals surface area contributed by atoms with Crippen LogP contribution in [0.1, 0.15) is 17.5 Å². The fourth-order valence-electron chi connectivity index (χ4n) is 2.58. The Hall–Kier alpha value is -3.52. The van der Waals surface area contributed by atoms with Crippen LogP contribution in [0, 0.1) is 0 Å². The summed E-state index contributed by atoms with van der Waals surface area (Å²) < 4.78 is 2.81. The number of hydrogen-bond acceptors (Lipinski definition) is 6. The molecular formula is C18H13ClN6O2. The number of fused-ring (bicyclic) bond motifs is 1. The van der Waals surface area contributed by atoms with Crippen LogP contribution in [-0.2, 0) is 0 Å². The molecule has 1 N–H and O–H groups in total. The van der Waals surface area contributed by atoms with E-state index in [9.17, 15) is 9.90 Å². The molecular weight excluding hydrogens is 368 g/mol. The molecule has 0 bridgehead atoms. The van der Waals surface area contributed by atoms with Gasteiger partial charge in [0.2, 0.25) is 17.4 Å². The smallest absolute Gasteiger partial charge is 0.261 e. The third kappa shape index (κ3) is 3.06. The molecule has 0 unspecified atom stereocenters. The Morgan fingerprint density at radius 3 is 2.44 bits per heavy atom. The number of carbonyl (C=O) groups excluding carboxylic acids is 1. The molecule has 4 rings (SSSR count). The van der Waals surface area contributed by atoms with E-state index in [0.717, 1.165) is 0 Å². The van der Waals surface area contributed by atoms with Crippen LogP contribution in [0.3, 0.4) is 0 Å². The maximum absolute atomic E-state index is 12.1. The number of ketones is 1. The highest BCUT2D eigenvalue weighted by atomic mass is 35.5. The van der Waals surface area contributed by atoms with Crippen LogP contribution in [0.15, 0.2) is 64.8 Å². The van der Waals surface area contributed by atoms with Crippen molar-refractivity contribution in [2.75, 3.05) is 0 Å². The van der Waals surface area contributed by atoms with Crippen LogP contribution in [0.2, 0.25) is 5.02 Å². The second-order valence-electron chi connectivity index (χ2n) is 5.70. The quantitative estimate of drug-likeness (QED) is 0.416. The normalized spacial score (nSPS) is 11.5. The molecule has 0 atom stereocenters. The summed E-state index contributed by atoms with van der Waals surface area (Å²) >= 11 is 5.93. The maximum atomic E-state index is 12.1. The van der Waals surface area contributed by atoms with E-state index in [-0.39, 0.29) is 29.1 Å². The van der Waals surface area contributed by atoms with Crippen molar-refractivity contribution in [3.8, 4) is 11.6 Å². The highest BCUT2D eigenvalue weighted by molar-refractivity contribution is 6.30. The fraction of sp³-hybridized carbons (Fsp3) is 0.0556. The summed E-state index contributed by atoms with van der Waals surface area (Å²) in [6.45, 7) is 1.38. The average Bonchev–Trinajstić information content (AvgIpc) is 3.18. The van der Waals surface area contributed by atoms with E-state index in [1.165, 1.54) is 16.0 Å². The van der Waals surface area contributed by atoms with Gasteiger partial charge in [0, 0.05) is 11.9 Å². The maximum Gasteiger partial charge on any atom is 0.261 e. The number of azo groups is 1. The van der Waals surface area contributed by atoms with Gasteiger partial charge in [-0.3, -0.25) is 4.79 Å². The van der Waals surface area contributed by atoms with E-state index < -0.39 is 0 Å². The molecule has 4 aromatic rings. The number of halogens is 1. The lowest BCUT2D eigenvalue weighted by Crippen LogP contribution is -2.01. The van der Waals surface area contributed by atoms with Gasteiger partial charge in [-0.2, -0.15) is 9.67 Å². The van der Waals surface area contributed by atoms with Gasteiger partial charge in [0.05, 0.1) is 11.4 Å². The predicted molar refractivity (Wildman–Crippen MR) is 99.6 cm³/mol. The topological polar surface area (TPSA) is 97.1 Å². The second-order valence-corrected chi connectivity index (χ2v) is 6.13. The van der Waals surface area contributed by atoms with E-state index >= 15 is 0 Å². The third-order valence-corrected chi connectivity index (χ3v) is 4.07. The third-order valence-electron chi connectivity index (χ3n) is 3.82. The summed E-state index contributed by atoms with van der Waals surface area (Å²) in [5, 5.41) is 23.3. The van der Waals surface area contributed by atoms with E-state index in [1.54, 1.807) is 36.4 Å². The number of imidazole rings is 1. The molecule has 0 aliphatic carbocycles. The van der Waals surface area contributed by atoms with Gasteiger partial charge in [-0.25, -0.2) is 4.40 Å². The van der Waals surface area contributed by atoms with Crippen LogP contribution >= 0.6 is 11.6 Å². The summed E-state index contributed by atoms with van der Waals surface area (Å²) in [7, 11) is 0. The van der Waals surface area contributed by atoms with Crippen LogP contribution in [0.4, 0.5) is 11.5 Å². The van der Waals surface area contributed by atoms with Gasteiger partial charge >= 0.3 is 0 Å². The van der Waals surface area contributed by atoms with Crippen molar-refractivity contribution in [3.63, 3.8) is 0 Å². The monoisotopic (exact) mass is 380 g/mol. The predicted octanol–water partition coefficient (Wildman–Crippen LogP) is 4.50. The molecule has 0 aliphatic rings. The Morgan fingerprint density at radius 2 is 1.78 bits per heavy atom. The number of aromatic nitrogens is 4. The first-order chi connectivity index (χ1) is 13.0. The van der Waals surface area contributed by atoms with Crippen molar-refractivity contribution in [1.29, 1.82) is 0 Å². The summed E-state index contributed by atoms with van der Waals surface area (Å²) in [5.74, 6) is -0.311. The molecule has 2 heterocycles. The van der Waals surface area contributed by atoms with Crippen molar-refractivity contribution >= 4 is 34.7 Å². The Morgan fingerprint density at radius 1 is 1.07 bits per heavy atom. The van der Waals surface area contributed by atoms with Crippen LogP contribution in [0.5, 0.6) is 5.88 Å². The van der Waals surface area contributed by atoms with Crippen molar-refractivity contribution < 1.29 is 9.90 Å². The number of aromatic hydroxyl groups is 1. The van der Waals surface area contributed by atoms with Gasteiger partial charge in [-0.15, -0.1) is 15.3 Å². The number of hydrogen-bond donors (Lipinski definition) is 1. The lowest BCUT2D eigenvalue weighted by atomic mass is 10.3. The zero-order valence-electron chi connectivity index (χ0n) is 14.1. The molecule has 2 aromatic heterocycles. The largest absolute Gasteiger partial charge is 0.491 e. The summed E-state index contributed by atoms with van der Waals surface area (Å²) in [5.41, 5.74) is 1.23. The van der Waals surface area contributed by atoms with Crippen molar-refractivity contribution in [3.05, 3.63) is 65.4 Å². The minimum absolute atomic E-state index is 0.0271. The molecule has 134 valence electrons. The Labute approximate surface area is 158 Å². The average molecular weight is 381 g/mol. The Bertz CT molecular complexity index is 1160. The molecule has 2 aromatic carbocycles. The molecule has 0 fully saturated rings. The van der Waals surface area contributed by atoms with Crippen LogP contribution in [-0.4, -0.2) is 30.1 Å². The molecule has 0 saturated carbocycles. The number of rotatable bonds is 4. The van der Waals surface area contributed by atoms with Gasteiger partial charge in [0.1, 0.15) is 0 Å². The lowest BCUT2D eigenvalue weighted by molar-refractivity contribution is 0.100. The van der Waals surface area contributed by atoms with E-state index in [1.807, 2.05) is 18.2 Å². The van der Waals surface area contributed by atoms with Gasteiger partial charge in [0.15, 0.2) is 5.78 Å². The summed E-state index contributed by atoms with van der Waals surface area (Å²) in [6, 6.07) is 15.9. The molecule has 0 amide bonds.